The SMILES string of the molecule is O=C1CN(C2COc3ccccc32)C(=O)C2CCCN12. The van der Waals surface area contributed by atoms with E-state index >= 15 is 0 Å². The van der Waals surface area contributed by atoms with E-state index in [2.05, 4.69) is 0 Å². The topological polar surface area (TPSA) is 49.9 Å². The Morgan fingerprint density at radius 2 is 1.95 bits per heavy atom. The fraction of sp³-hybridized carbons (Fsp3) is 0.467. The van der Waals surface area contributed by atoms with Gasteiger partial charge in [0, 0.05) is 12.1 Å². The largest absolute Gasteiger partial charge is 0.491 e. The number of piperazine rings is 1. The third-order valence-corrected chi connectivity index (χ3v) is 4.50. The van der Waals surface area contributed by atoms with Gasteiger partial charge in [-0.25, -0.2) is 0 Å². The maximum absolute atomic E-state index is 12.6. The molecule has 3 aliphatic rings. The van der Waals surface area contributed by atoms with Crippen molar-refractivity contribution < 1.29 is 14.3 Å². The maximum Gasteiger partial charge on any atom is 0.246 e. The van der Waals surface area contributed by atoms with Crippen LogP contribution in [0.2, 0.25) is 0 Å². The normalized spacial score (nSPS) is 28.4. The molecule has 2 amide bonds. The zero-order valence-corrected chi connectivity index (χ0v) is 11.1. The van der Waals surface area contributed by atoms with Gasteiger partial charge in [-0.15, -0.1) is 0 Å². The smallest absolute Gasteiger partial charge is 0.246 e. The fourth-order valence-corrected chi connectivity index (χ4v) is 3.50. The van der Waals surface area contributed by atoms with Crippen LogP contribution >= 0.6 is 0 Å². The van der Waals surface area contributed by atoms with E-state index in [1.165, 1.54) is 0 Å². The Morgan fingerprint density at radius 3 is 2.85 bits per heavy atom. The summed E-state index contributed by atoms with van der Waals surface area (Å²) in [6, 6.07) is 7.38. The lowest BCUT2D eigenvalue weighted by Crippen LogP contribution is -2.58. The van der Waals surface area contributed by atoms with Gasteiger partial charge >= 0.3 is 0 Å². The molecule has 3 heterocycles. The first-order valence-electron chi connectivity index (χ1n) is 7.07. The van der Waals surface area contributed by atoms with Gasteiger partial charge in [0.1, 0.15) is 24.9 Å². The number of benzene rings is 1. The summed E-state index contributed by atoms with van der Waals surface area (Å²) in [6.45, 7) is 1.35. The number of para-hydroxylation sites is 1. The molecule has 2 unspecified atom stereocenters. The molecule has 0 aliphatic carbocycles. The first kappa shape index (κ1) is 11.8. The Morgan fingerprint density at radius 1 is 1.10 bits per heavy atom. The molecule has 3 aliphatic heterocycles. The average Bonchev–Trinajstić information content (AvgIpc) is 3.09. The van der Waals surface area contributed by atoms with Crippen LogP contribution in [-0.4, -0.2) is 47.4 Å². The summed E-state index contributed by atoms with van der Waals surface area (Å²) in [6.07, 6.45) is 1.71. The summed E-state index contributed by atoms with van der Waals surface area (Å²) in [5.41, 5.74) is 1.01. The Bertz CT molecular complexity index is 586. The zero-order valence-electron chi connectivity index (χ0n) is 11.1. The van der Waals surface area contributed by atoms with Crippen molar-refractivity contribution in [3.8, 4) is 5.75 Å². The van der Waals surface area contributed by atoms with Gasteiger partial charge in [-0.3, -0.25) is 9.59 Å². The predicted octanol–water partition coefficient (Wildman–Crippen LogP) is 0.953. The van der Waals surface area contributed by atoms with Crippen LogP contribution in [0.3, 0.4) is 0 Å². The Labute approximate surface area is 117 Å². The molecule has 4 rings (SSSR count). The number of carbonyl (C=O) groups is 2. The first-order valence-corrected chi connectivity index (χ1v) is 7.07. The number of nitrogens with zero attached hydrogens (tertiary/aromatic N) is 2. The molecule has 104 valence electrons. The number of hydrogen-bond donors (Lipinski definition) is 0. The van der Waals surface area contributed by atoms with Crippen LogP contribution in [0.15, 0.2) is 24.3 Å². The van der Waals surface area contributed by atoms with Gasteiger partial charge in [0.15, 0.2) is 0 Å². The van der Waals surface area contributed by atoms with E-state index in [0.29, 0.717) is 6.61 Å². The maximum atomic E-state index is 12.6. The third-order valence-electron chi connectivity index (χ3n) is 4.50. The quantitative estimate of drug-likeness (QED) is 0.765. The van der Waals surface area contributed by atoms with Crippen molar-refractivity contribution in [2.45, 2.75) is 24.9 Å². The highest BCUT2D eigenvalue weighted by Gasteiger charge is 2.45. The second-order valence-electron chi connectivity index (χ2n) is 5.58. The molecule has 0 bridgehead atoms. The molecule has 0 spiro atoms. The van der Waals surface area contributed by atoms with E-state index in [9.17, 15) is 9.59 Å². The predicted molar refractivity (Wildman–Crippen MR) is 71.1 cm³/mol. The van der Waals surface area contributed by atoms with Gasteiger partial charge in [-0.1, -0.05) is 18.2 Å². The molecular weight excluding hydrogens is 256 g/mol. The summed E-state index contributed by atoms with van der Waals surface area (Å²) < 4.78 is 5.64. The van der Waals surface area contributed by atoms with Crippen molar-refractivity contribution in [1.82, 2.24) is 9.80 Å². The van der Waals surface area contributed by atoms with Gasteiger partial charge in [-0.05, 0) is 18.9 Å². The highest BCUT2D eigenvalue weighted by atomic mass is 16.5. The van der Waals surface area contributed by atoms with Crippen LogP contribution in [0.1, 0.15) is 24.4 Å². The number of hydrogen-bond acceptors (Lipinski definition) is 3. The van der Waals surface area contributed by atoms with Crippen molar-refractivity contribution in [1.29, 1.82) is 0 Å². The van der Waals surface area contributed by atoms with Crippen molar-refractivity contribution in [2.75, 3.05) is 19.7 Å². The molecule has 20 heavy (non-hydrogen) atoms. The number of ether oxygens (including phenoxy) is 1. The molecule has 1 aromatic rings. The molecule has 0 N–H and O–H groups in total. The summed E-state index contributed by atoms with van der Waals surface area (Å²) >= 11 is 0. The van der Waals surface area contributed by atoms with Gasteiger partial charge < -0.3 is 14.5 Å². The van der Waals surface area contributed by atoms with Crippen molar-refractivity contribution in [2.24, 2.45) is 0 Å². The van der Waals surface area contributed by atoms with Crippen molar-refractivity contribution in [3.05, 3.63) is 29.8 Å². The van der Waals surface area contributed by atoms with E-state index in [1.54, 1.807) is 9.80 Å². The zero-order chi connectivity index (χ0) is 13.7. The van der Waals surface area contributed by atoms with E-state index in [0.717, 1.165) is 30.7 Å². The highest BCUT2D eigenvalue weighted by molar-refractivity contribution is 5.95. The Balaban J connectivity index is 1.66. The van der Waals surface area contributed by atoms with Crippen LogP contribution < -0.4 is 4.74 Å². The molecule has 0 radical (unpaired) electrons. The molecule has 0 aromatic heterocycles. The molecule has 1 aromatic carbocycles. The summed E-state index contributed by atoms with van der Waals surface area (Å²) in [4.78, 5) is 28.3. The average molecular weight is 272 g/mol. The second-order valence-corrected chi connectivity index (χ2v) is 5.58. The summed E-state index contributed by atoms with van der Waals surface area (Å²) in [7, 11) is 0. The lowest BCUT2D eigenvalue weighted by atomic mass is 10.0. The molecule has 2 atom stereocenters. The standard InChI is InChI=1S/C15H16N2O3/c18-14-8-17(15(19)11-5-3-7-16(11)14)12-9-20-13-6-2-1-4-10(12)13/h1-2,4,6,11-12H,3,5,7-9H2. The van der Waals surface area contributed by atoms with Crippen LogP contribution in [0, 0.1) is 0 Å². The van der Waals surface area contributed by atoms with Crippen molar-refractivity contribution >= 4 is 11.8 Å². The fourth-order valence-electron chi connectivity index (χ4n) is 3.50. The number of carbonyl (C=O) groups excluding carboxylic acids is 2. The number of amides is 2. The van der Waals surface area contributed by atoms with Crippen LogP contribution in [0.25, 0.3) is 0 Å². The summed E-state index contributed by atoms with van der Waals surface area (Å²) in [5, 5.41) is 0. The van der Waals surface area contributed by atoms with Gasteiger partial charge in [-0.2, -0.15) is 0 Å². The lowest BCUT2D eigenvalue weighted by molar-refractivity contribution is -0.156. The molecule has 5 nitrogen and oxygen atoms in total. The van der Waals surface area contributed by atoms with Gasteiger partial charge in [0.2, 0.25) is 11.8 Å². The van der Waals surface area contributed by atoms with Crippen LogP contribution in [0.4, 0.5) is 0 Å². The third kappa shape index (κ3) is 1.55. The number of rotatable bonds is 1. The highest BCUT2D eigenvalue weighted by Crippen LogP contribution is 2.38. The van der Waals surface area contributed by atoms with Crippen LogP contribution in [-0.2, 0) is 9.59 Å². The number of fused-ring (bicyclic) bond motifs is 2. The van der Waals surface area contributed by atoms with Gasteiger partial charge in [0.25, 0.3) is 0 Å². The molecular formula is C15H16N2O3. The monoisotopic (exact) mass is 272 g/mol. The Kier molecular flexibility index (Phi) is 2.49. The minimum Gasteiger partial charge on any atom is -0.491 e. The van der Waals surface area contributed by atoms with E-state index < -0.39 is 0 Å². The minimum atomic E-state index is -0.246. The molecule has 2 fully saturated rings. The molecule has 2 saturated heterocycles. The van der Waals surface area contributed by atoms with Gasteiger partial charge in [0.05, 0.1) is 6.04 Å². The van der Waals surface area contributed by atoms with E-state index in [1.807, 2.05) is 24.3 Å². The van der Waals surface area contributed by atoms with Crippen molar-refractivity contribution in [3.63, 3.8) is 0 Å². The minimum absolute atomic E-state index is 0.0662. The first-order chi connectivity index (χ1) is 9.75. The molecule has 0 saturated carbocycles. The Hall–Kier alpha value is -2.04. The van der Waals surface area contributed by atoms with E-state index in [-0.39, 0.29) is 30.4 Å². The second kappa shape index (κ2) is 4.23. The van der Waals surface area contributed by atoms with E-state index in [4.69, 9.17) is 4.74 Å². The summed E-state index contributed by atoms with van der Waals surface area (Å²) in [5.74, 6) is 0.968. The molecule has 5 heteroatoms. The lowest BCUT2D eigenvalue weighted by Gasteiger charge is -2.39. The van der Waals surface area contributed by atoms with Crippen LogP contribution in [0.5, 0.6) is 5.75 Å².